The lowest BCUT2D eigenvalue weighted by Crippen LogP contribution is -2.10. The first-order valence-electron chi connectivity index (χ1n) is 4.60. The van der Waals surface area contributed by atoms with E-state index in [-0.39, 0.29) is 19.8 Å². The first-order valence-corrected chi connectivity index (χ1v) is 4.60. The molecule has 0 atom stereocenters. The molecule has 5 heteroatoms. The summed E-state index contributed by atoms with van der Waals surface area (Å²) >= 11 is 0. The first kappa shape index (κ1) is 11.7. The highest BCUT2D eigenvalue weighted by molar-refractivity contribution is 5.52. The van der Waals surface area contributed by atoms with Crippen LogP contribution in [-0.2, 0) is 4.74 Å². The Morgan fingerprint density at radius 2 is 2.07 bits per heavy atom. The molecule has 0 saturated heterocycles. The number of nitrogen functional groups attached to an aromatic ring is 1. The van der Waals surface area contributed by atoms with Crippen LogP contribution in [0.5, 0.6) is 5.75 Å². The molecule has 0 aliphatic rings. The van der Waals surface area contributed by atoms with Crippen LogP contribution in [0.15, 0.2) is 18.2 Å². The lowest BCUT2D eigenvalue weighted by molar-refractivity contribution is 0.0706. The molecule has 0 bridgehead atoms. The first-order chi connectivity index (χ1) is 7.24. The summed E-state index contributed by atoms with van der Waals surface area (Å²) in [6, 6.07) is 3.94. The monoisotopic (exact) mass is 215 g/mol. The van der Waals surface area contributed by atoms with E-state index in [1.54, 1.807) is 0 Å². The number of benzene rings is 1. The second kappa shape index (κ2) is 6.21. The largest absolute Gasteiger partial charge is 0.489 e. The average molecular weight is 215 g/mol. The summed E-state index contributed by atoms with van der Waals surface area (Å²) in [7, 11) is 0. The van der Waals surface area contributed by atoms with Crippen LogP contribution in [0, 0.1) is 5.82 Å². The number of rotatable bonds is 6. The third-order valence-corrected chi connectivity index (χ3v) is 1.70. The normalized spacial score (nSPS) is 10.3. The van der Waals surface area contributed by atoms with Gasteiger partial charge in [-0.15, -0.1) is 0 Å². The Morgan fingerprint density at radius 3 is 2.80 bits per heavy atom. The minimum Gasteiger partial charge on any atom is -0.489 e. The summed E-state index contributed by atoms with van der Waals surface area (Å²) in [4.78, 5) is 0. The van der Waals surface area contributed by atoms with Gasteiger partial charge in [0, 0.05) is 6.07 Å². The SMILES string of the molecule is Nc1ccc(F)cc1OCCOCCO. The van der Waals surface area contributed by atoms with Crippen molar-refractivity contribution in [3.8, 4) is 5.75 Å². The lowest BCUT2D eigenvalue weighted by atomic mass is 10.3. The van der Waals surface area contributed by atoms with E-state index >= 15 is 0 Å². The topological polar surface area (TPSA) is 64.7 Å². The minimum absolute atomic E-state index is 0.0257. The van der Waals surface area contributed by atoms with Gasteiger partial charge in [-0.3, -0.25) is 0 Å². The number of aliphatic hydroxyl groups excluding tert-OH is 1. The Kier molecular flexibility index (Phi) is 4.86. The maximum absolute atomic E-state index is 12.8. The molecule has 0 aromatic heterocycles. The Labute approximate surface area is 87.4 Å². The summed E-state index contributed by atoms with van der Waals surface area (Å²) in [6.07, 6.45) is 0. The summed E-state index contributed by atoms with van der Waals surface area (Å²) in [5.74, 6) is -0.0851. The molecule has 84 valence electrons. The second-order valence-corrected chi connectivity index (χ2v) is 2.87. The van der Waals surface area contributed by atoms with Crippen LogP contribution in [0.4, 0.5) is 10.1 Å². The quantitative estimate of drug-likeness (QED) is 0.544. The van der Waals surface area contributed by atoms with Gasteiger partial charge in [0.05, 0.1) is 25.5 Å². The Hall–Kier alpha value is -1.33. The molecule has 0 amide bonds. The molecule has 0 aliphatic heterocycles. The van der Waals surface area contributed by atoms with Crippen molar-refractivity contribution >= 4 is 5.69 Å². The van der Waals surface area contributed by atoms with E-state index in [4.69, 9.17) is 20.3 Å². The third kappa shape index (κ3) is 4.14. The molecular weight excluding hydrogens is 201 g/mol. The van der Waals surface area contributed by atoms with Gasteiger partial charge in [-0.05, 0) is 12.1 Å². The summed E-state index contributed by atoms with van der Waals surface area (Å²) < 4.78 is 22.9. The smallest absolute Gasteiger partial charge is 0.145 e. The molecule has 1 aromatic carbocycles. The number of halogens is 1. The van der Waals surface area contributed by atoms with Gasteiger partial charge in [-0.1, -0.05) is 0 Å². The number of nitrogens with two attached hydrogens (primary N) is 1. The molecule has 0 saturated carbocycles. The van der Waals surface area contributed by atoms with E-state index in [9.17, 15) is 4.39 Å². The van der Waals surface area contributed by atoms with Crippen molar-refractivity contribution in [2.45, 2.75) is 0 Å². The predicted octanol–water partition coefficient (Wildman–Crippen LogP) is 0.796. The zero-order valence-electron chi connectivity index (χ0n) is 8.28. The van der Waals surface area contributed by atoms with Crippen molar-refractivity contribution in [3.05, 3.63) is 24.0 Å². The van der Waals surface area contributed by atoms with Crippen LogP contribution in [0.25, 0.3) is 0 Å². The van der Waals surface area contributed by atoms with Crippen LogP contribution in [0.1, 0.15) is 0 Å². The van der Waals surface area contributed by atoms with Gasteiger partial charge in [0.15, 0.2) is 0 Å². The number of hydrogen-bond acceptors (Lipinski definition) is 4. The molecule has 0 spiro atoms. The van der Waals surface area contributed by atoms with Gasteiger partial charge in [0.2, 0.25) is 0 Å². The van der Waals surface area contributed by atoms with Crippen LogP contribution in [0.3, 0.4) is 0 Å². The second-order valence-electron chi connectivity index (χ2n) is 2.87. The van der Waals surface area contributed by atoms with Crippen molar-refractivity contribution in [1.29, 1.82) is 0 Å². The van der Waals surface area contributed by atoms with E-state index in [1.807, 2.05) is 0 Å². The van der Waals surface area contributed by atoms with Crippen LogP contribution in [-0.4, -0.2) is 31.5 Å². The fourth-order valence-corrected chi connectivity index (χ4v) is 1.01. The fraction of sp³-hybridized carbons (Fsp3) is 0.400. The molecule has 0 fully saturated rings. The van der Waals surface area contributed by atoms with Crippen molar-refractivity contribution in [3.63, 3.8) is 0 Å². The molecule has 1 aromatic rings. The van der Waals surface area contributed by atoms with E-state index < -0.39 is 5.82 Å². The molecule has 4 nitrogen and oxygen atoms in total. The highest BCUT2D eigenvalue weighted by atomic mass is 19.1. The Balaban J connectivity index is 2.33. The maximum atomic E-state index is 12.8. The highest BCUT2D eigenvalue weighted by Crippen LogP contribution is 2.21. The van der Waals surface area contributed by atoms with Gasteiger partial charge in [-0.2, -0.15) is 0 Å². The minimum atomic E-state index is -0.393. The van der Waals surface area contributed by atoms with Crippen molar-refractivity contribution < 1.29 is 19.0 Å². The molecule has 15 heavy (non-hydrogen) atoms. The molecular formula is C10H14FNO3. The molecule has 0 radical (unpaired) electrons. The fourth-order valence-electron chi connectivity index (χ4n) is 1.01. The highest BCUT2D eigenvalue weighted by Gasteiger charge is 2.01. The molecule has 1 rings (SSSR count). The van der Waals surface area contributed by atoms with E-state index in [1.165, 1.54) is 18.2 Å². The molecule has 3 N–H and O–H groups in total. The van der Waals surface area contributed by atoms with Gasteiger partial charge in [-0.25, -0.2) is 4.39 Å². The summed E-state index contributed by atoms with van der Waals surface area (Å²) in [5.41, 5.74) is 5.95. The van der Waals surface area contributed by atoms with Crippen LogP contribution >= 0.6 is 0 Å². The summed E-state index contributed by atoms with van der Waals surface area (Å²) in [5, 5.41) is 8.43. The van der Waals surface area contributed by atoms with E-state index in [2.05, 4.69) is 0 Å². The van der Waals surface area contributed by atoms with E-state index in [0.29, 0.717) is 18.0 Å². The zero-order chi connectivity index (χ0) is 11.1. The third-order valence-electron chi connectivity index (χ3n) is 1.70. The standard InChI is InChI=1S/C10H14FNO3/c11-8-1-2-9(12)10(7-8)15-6-5-14-4-3-13/h1-2,7,13H,3-6,12H2. The van der Waals surface area contributed by atoms with Crippen molar-refractivity contribution in [1.82, 2.24) is 0 Å². The van der Waals surface area contributed by atoms with Gasteiger partial charge >= 0.3 is 0 Å². The number of hydrogen-bond donors (Lipinski definition) is 2. The number of anilines is 1. The number of aliphatic hydroxyl groups is 1. The molecule has 0 heterocycles. The van der Waals surface area contributed by atoms with Crippen LogP contribution in [0.2, 0.25) is 0 Å². The average Bonchev–Trinajstić information content (AvgIpc) is 2.23. The predicted molar refractivity (Wildman–Crippen MR) is 54.2 cm³/mol. The van der Waals surface area contributed by atoms with Crippen molar-refractivity contribution in [2.24, 2.45) is 0 Å². The van der Waals surface area contributed by atoms with Gasteiger partial charge in [0.25, 0.3) is 0 Å². The summed E-state index contributed by atoms with van der Waals surface area (Å²) in [6.45, 7) is 0.842. The van der Waals surface area contributed by atoms with Crippen LogP contribution < -0.4 is 10.5 Å². The molecule has 0 aliphatic carbocycles. The Bertz CT molecular complexity index is 307. The van der Waals surface area contributed by atoms with E-state index in [0.717, 1.165) is 0 Å². The van der Waals surface area contributed by atoms with Gasteiger partial charge < -0.3 is 20.3 Å². The van der Waals surface area contributed by atoms with Gasteiger partial charge in [0.1, 0.15) is 18.2 Å². The zero-order valence-corrected chi connectivity index (χ0v) is 8.28. The maximum Gasteiger partial charge on any atom is 0.145 e. The number of ether oxygens (including phenoxy) is 2. The lowest BCUT2D eigenvalue weighted by Gasteiger charge is -2.08. The Morgan fingerprint density at radius 1 is 1.27 bits per heavy atom. The molecule has 0 unspecified atom stereocenters. The van der Waals surface area contributed by atoms with Crippen molar-refractivity contribution in [2.75, 3.05) is 32.2 Å².